The van der Waals surface area contributed by atoms with Gasteiger partial charge in [-0.3, -0.25) is 4.79 Å². The number of aryl methyl sites for hydroxylation is 1. The van der Waals surface area contributed by atoms with Crippen LogP contribution < -0.4 is 10.1 Å². The molecule has 0 aromatic heterocycles. The lowest BCUT2D eigenvalue weighted by molar-refractivity contribution is -0.115. The van der Waals surface area contributed by atoms with Gasteiger partial charge in [0, 0.05) is 5.56 Å². The Morgan fingerprint density at radius 2 is 2.04 bits per heavy atom. The Morgan fingerprint density at radius 1 is 1.22 bits per heavy atom. The van der Waals surface area contributed by atoms with Gasteiger partial charge in [-0.2, -0.15) is 0 Å². The minimum absolute atomic E-state index is 0.159. The van der Waals surface area contributed by atoms with E-state index in [0.717, 1.165) is 16.9 Å². The maximum atomic E-state index is 11.8. The van der Waals surface area contributed by atoms with Crippen LogP contribution in [0, 0.1) is 6.92 Å². The van der Waals surface area contributed by atoms with Crippen molar-refractivity contribution in [2.24, 2.45) is 0 Å². The SMILES string of the molecule is Cc1cccc(COc2ccccc2C=C2SC(=S)NC2=O)c1. The van der Waals surface area contributed by atoms with Crippen molar-refractivity contribution in [2.45, 2.75) is 13.5 Å². The Morgan fingerprint density at radius 3 is 2.78 bits per heavy atom. The molecule has 5 heteroatoms. The van der Waals surface area contributed by atoms with Crippen LogP contribution in [0.2, 0.25) is 0 Å². The number of hydrogen-bond donors (Lipinski definition) is 1. The van der Waals surface area contributed by atoms with Gasteiger partial charge < -0.3 is 10.1 Å². The molecule has 116 valence electrons. The molecule has 1 heterocycles. The monoisotopic (exact) mass is 341 g/mol. The Kier molecular flexibility index (Phi) is 4.79. The van der Waals surface area contributed by atoms with Crippen LogP contribution in [0.3, 0.4) is 0 Å². The maximum Gasteiger partial charge on any atom is 0.263 e. The molecule has 1 aliphatic heterocycles. The molecule has 1 aliphatic rings. The van der Waals surface area contributed by atoms with Gasteiger partial charge in [-0.25, -0.2) is 0 Å². The standard InChI is InChI=1S/C18H15NO2S2/c1-12-5-4-6-13(9-12)11-21-15-8-3-2-7-14(15)10-16-17(20)19-18(22)23-16/h2-10H,11H2,1H3,(H,19,20,22). The van der Waals surface area contributed by atoms with Gasteiger partial charge in [0.05, 0.1) is 4.91 Å². The lowest BCUT2D eigenvalue weighted by Gasteiger charge is -2.10. The number of carbonyl (C=O) groups excluding carboxylic acids is 1. The van der Waals surface area contributed by atoms with Crippen molar-refractivity contribution in [3.63, 3.8) is 0 Å². The van der Waals surface area contributed by atoms with Crippen molar-refractivity contribution in [2.75, 3.05) is 0 Å². The fourth-order valence-corrected chi connectivity index (χ4v) is 3.29. The van der Waals surface area contributed by atoms with Crippen molar-refractivity contribution >= 4 is 40.3 Å². The summed E-state index contributed by atoms with van der Waals surface area (Å²) in [5.74, 6) is 0.584. The van der Waals surface area contributed by atoms with Crippen LogP contribution in [0.25, 0.3) is 6.08 Å². The fraction of sp³-hybridized carbons (Fsp3) is 0.111. The smallest absolute Gasteiger partial charge is 0.263 e. The zero-order valence-corrected chi connectivity index (χ0v) is 14.2. The minimum Gasteiger partial charge on any atom is -0.488 e. The Balaban J connectivity index is 1.80. The number of carbonyl (C=O) groups is 1. The number of para-hydroxylation sites is 1. The average molecular weight is 341 g/mol. The molecule has 1 N–H and O–H groups in total. The topological polar surface area (TPSA) is 38.3 Å². The molecule has 0 saturated carbocycles. The molecule has 0 bridgehead atoms. The van der Waals surface area contributed by atoms with Crippen LogP contribution in [0.5, 0.6) is 5.75 Å². The summed E-state index contributed by atoms with van der Waals surface area (Å²) >= 11 is 6.28. The summed E-state index contributed by atoms with van der Waals surface area (Å²) in [5, 5.41) is 2.62. The molecule has 0 unspecified atom stereocenters. The van der Waals surface area contributed by atoms with Crippen molar-refractivity contribution in [3.05, 3.63) is 70.1 Å². The zero-order valence-electron chi connectivity index (χ0n) is 12.5. The van der Waals surface area contributed by atoms with E-state index in [1.807, 2.05) is 42.5 Å². The molecule has 0 atom stereocenters. The fourth-order valence-electron chi connectivity index (χ4n) is 2.26. The molecule has 23 heavy (non-hydrogen) atoms. The molecular formula is C18H15NO2S2. The molecule has 0 spiro atoms. The normalized spacial score (nSPS) is 15.8. The predicted octanol–water partition coefficient (Wildman–Crippen LogP) is 4.06. The number of nitrogens with one attached hydrogen (secondary N) is 1. The summed E-state index contributed by atoms with van der Waals surface area (Å²) < 4.78 is 6.42. The number of hydrogen-bond acceptors (Lipinski definition) is 4. The highest BCUT2D eigenvalue weighted by Crippen LogP contribution is 2.29. The Labute approximate surface area is 144 Å². The molecule has 3 rings (SSSR count). The van der Waals surface area contributed by atoms with Crippen LogP contribution in [0.1, 0.15) is 16.7 Å². The molecule has 2 aromatic carbocycles. The second kappa shape index (κ2) is 6.98. The lowest BCUT2D eigenvalue weighted by atomic mass is 10.1. The van der Waals surface area contributed by atoms with Gasteiger partial charge in [0.2, 0.25) is 0 Å². The van der Waals surface area contributed by atoms with Crippen molar-refractivity contribution < 1.29 is 9.53 Å². The van der Waals surface area contributed by atoms with Crippen molar-refractivity contribution in [1.82, 2.24) is 5.32 Å². The number of thioether (sulfide) groups is 1. The predicted molar refractivity (Wildman–Crippen MR) is 98.3 cm³/mol. The van der Waals surface area contributed by atoms with Crippen LogP contribution in [0.15, 0.2) is 53.4 Å². The van der Waals surface area contributed by atoms with Gasteiger partial charge in [-0.15, -0.1) is 0 Å². The number of amides is 1. The van der Waals surface area contributed by atoms with E-state index < -0.39 is 0 Å². The first-order valence-electron chi connectivity index (χ1n) is 7.14. The molecule has 3 nitrogen and oxygen atoms in total. The minimum atomic E-state index is -0.159. The van der Waals surface area contributed by atoms with E-state index in [1.165, 1.54) is 17.3 Å². The molecule has 1 saturated heterocycles. The van der Waals surface area contributed by atoms with E-state index in [2.05, 4.69) is 24.4 Å². The summed E-state index contributed by atoms with van der Waals surface area (Å²) in [6, 6.07) is 15.9. The quantitative estimate of drug-likeness (QED) is 0.672. The third-order valence-electron chi connectivity index (χ3n) is 3.32. The maximum absolute atomic E-state index is 11.8. The summed E-state index contributed by atoms with van der Waals surface area (Å²) in [4.78, 5) is 12.4. The first kappa shape index (κ1) is 15.8. The van der Waals surface area contributed by atoms with Gasteiger partial charge in [0.15, 0.2) is 0 Å². The number of ether oxygens (including phenoxy) is 1. The highest BCUT2D eigenvalue weighted by Gasteiger charge is 2.22. The van der Waals surface area contributed by atoms with Gasteiger partial charge in [0.1, 0.15) is 16.7 Å². The van der Waals surface area contributed by atoms with Gasteiger partial charge >= 0.3 is 0 Å². The lowest BCUT2D eigenvalue weighted by Crippen LogP contribution is -2.17. The second-order valence-electron chi connectivity index (χ2n) is 5.17. The van der Waals surface area contributed by atoms with E-state index in [-0.39, 0.29) is 5.91 Å². The van der Waals surface area contributed by atoms with Gasteiger partial charge in [-0.05, 0) is 24.6 Å². The molecule has 0 aliphatic carbocycles. The molecule has 2 aromatic rings. The summed E-state index contributed by atoms with van der Waals surface area (Å²) in [7, 11) is 0. The average Bonchev–Trinajstić information content (AvgIpc) is 2.84. The van der Waals surface area contributed by atoms with E-state index in [4.69, 9.17) is 17.0 Å². The Hall–Kier alpha value is -2.11. The highest BCUT2D eigenvalue weighted by molar-refractivity contribution is 8.26. The molecule has 0 radical (unpaired) electrons. The van der Waals surface area contributed by atoms with E-state index in [1.54, 1.807) is 0 Å². The van der Waals surface area contributed by atoms with Crippen LogP contribution in [-0.2, 0) is 11.4 Å². The van der Waals surface area contributed by atoms with Crippen molar-refractivity contribution in [3.8, 4) is 5.75 Å². The van der Waals surface area contributed by atoms with E-state index in [9.17, 15) is 4.79 Å². The summed E-state index contributed by atoms with van der Waals surface area (Å²) in [6.07, 6.45) is 1.81. The van der Waals surface area contributed by atoms with Crippen LogP contribution in [-0.4, -0.2) is 10.2 Å². The van der Waals surface area contributed by atoms with Crippen LogP contribution >= 0.6 is 24.0 Å². The number of benzene rings is 2. The second-order valence-corrected chi connectivity index (χ2v) is 6.89. The summed E-state index contributed by atoms with van der Waals surface area (Å²) in [6.45, 7) is 2.54. The first-order chi connectivity index (χ1) is 11.1. The number of rotatable bonds is 4. The molecule has 1 amide bonds. The zero-order chi connectivity index (χ0) is 16.2. The van der Waals surface area contributed by atoms with Crippen LogP contribution in [0.4, 0.5) is 0 Å². The molecular weight excluding hydrogens is 326 g/mol. The molecule has 1 fully saturated rings. The van der Waals surface area contributed by atoms with E-state index >= 15 is 0 Å². The van der Waals surface area contributed by atoms with Crippen molar-refractivity contribution in [1.29, 1.82) is 0 Å². The van der Waals surface area contributed by atoms with Gasteiger partial charge in [0.25, 0.3) is 5.91 Å². The highest BCUT2D eigenvalue weighted by atomic mass is 32.2. The number of thiocarbonyl (C=S) groups is 1. The largest absolute Gasteiger partial charge is 0.488 e. The Bertz CT molecular complexity index is 799. The van der Waals surface area contributed by atoms with E-state index in [0.29, 0.717) is 15.8 Å². The third kappa shape index (κ3) is 4.00. The summed E-state index contributed by atoms with van der Waals surface area (Å²) in [5.41, 5.74) is 3.18. The van der Waals surface area contributed by atoms with Gasteiger partial charge in [-0.1, -0.05) is 72.0 Å². The first-order valence-corrected chi connectivity index (χ1v) is 8.36. The third-order valence-corrected chi connectivity index (χ3v) is 4.49.